The van der Waals surface area contributed by atoms with Crippen LogP contribution in [0.25, 0.3) is 0 Å². The van der Waals surface area contributed by atoms with Gasteiger partial charge < -0.3 is 15.4 Å². The third-order valence-corrected chi connectivity index (χ3v) is 7.72. The van der Waals surface area contributed by atoms with Crippen molar-refractivity contribution in [1.29, 1.82) is 0 Å². The molecule has 0 saturated heterocycles. The van der Waals surface area contributed by atoms with E-state index < -0.39 is 0 Å². The van der Waals surface area contributed by atoms with Crippen LogP contribution >= 0.6 is 0 Å². The van der Waals surface area contributed by atoms with Crippen LogP contribution in [0.3, 0.4) is 0 Å². The van der Waals surface area contributed by atoms with Gasteiger partial charge in [-0.3, -0.25) is 4.79 Å². The Morgan fingerprint density at radius 3 is 2.68 bits per heavy atom. The first-order valence-corrected chi connectivity index (χ1v) is 13.5. The van der Waals surface area contributed by atoms with Gasteiger partial charge in [0, 0.05) is 30.6 Å². The monoisotopic (exact) mass is 462 g/mol. The molecule has 0 aromatic heterocycles. The van der Waals surface area contributed by atoms with Crippen LogP contribution < -0.4 is 15.4 Å². The topological polar surface area (TPSA) is 50.4 Å². The predicted octanol–water partition coefficient (Wildman–Crippen LogP) is 6.84. The van der Waals surface area contributed by atoms with Gasteiger partial charge in [-0.25, -0.2) is 0 Å². The molecule has 2 aromatic rings. The SMILES string of the molecule is CCCc1ccc(NC(C)=O)cc1OC1c2ccccc2CCC1C1CCCCC(NCC)C1. The summed E-state index contributed by atoms with van der Waals surface area (Å²) in [6, 6.07) is 15.6. The summed E-state index contributed by atoms with van der Waals surface area (Å²) in [5.41, 5.74) is 4.82. The summed E-state index contributed by atoms with van der Waals surface area (Å²) in [5, 5.41) is 6.69. The maximum Gasteiger partial charge on any atom is 0.221 e. The molecule has 4 atom stereocenters. The fourth-order valence-corrected chi connectivity index (χ4v) is 6.20. The van der Waals surface area contributed by atoms with Gasteiger partial charge in [0.15, 0.2) is 0 Å². The van der Waals surface area contributed by atoms with E-state index in [9.17, 15) is 4.79 Å². The summed E-state index contributed by atoms with van der Waals surface area (Å²) in [6.45, 7) is 7.03. The van der Waals surface area contributed by atoms with Crippen molar-refractivity contribution in [2.75, 3.05) is 11.9 Å². The molecule has 1 fully saturated rings. The smallest absolute Gasteiger partial charge is 0.221 e. The molecule has 2 aromatic carbocycles. The Hall–Kier alpha value is -2.33. The molecule has 34 heavy (non-hydrogen) atoms. The number of hydrogen-bond acceptors (Lipinski definition) is 3. The van der Waals surface area contributed by atoms with Crippen molar-refractivity contribution in [3.63, 3.8) is 0 Å². The van der Waals surface area contributed by atoms with Crippen molar-refractivity contribution >= 4 is 11.6 Å². The molecular formula is C30H42N2O2. The minimum absolute atomic E-state index is 0.0528. The molecule has 0 bridgehead atoms. The average molecular weight is 463 g/mol. The molecule has 4 rings (SSSR count). The molecule has 0 spiro atoms. The summed E-state index contributed by atoms with van der Waals surface area (Å²) in [6.07, 6.45) is 10.9. The Labute approximate surface area is 205 Å². The molecule has 4 nitrogen and oxygen atoms in total. The van der Waals surface area contributed by atoms with E-state index in [4.69, 9.17) is 4.74 Å². The number of fused-ring (bicyclic) bond motifs is 1. The molecule has 2 N–H and O–H groups in total. The number of nitrogens with one attached hydrogen (secondary N) is 2. The zero-order valence-electron chi connectivity index (χ0n) is 21.2. The molecule has 4 heteroatoms. The Morgan fingerprint density at radius 1 is 1.06 bits per heavy atom. The largest absolute Gasteiger partial charge is 0.485 e. The number of hydrogen-bond donors (Lipinski definition) is 2. The summed E-state index contributed by atoms with van der Waals surface area (Å²) >= 11 is 0. The maximum atomic E-state index is 11.7. The zero-order valence-corrected chi connectivity index (χ0v) is 21.2. The number of rotatable bonds is 8. The highest BCUT2D eigenvalue weighted by Gasteiger charge is 2.38. The highest BCUT2D eigenvalue weighted by Crippen LogP contribution is 2.46. The second kappa shape index (κ2) is 11.9. The van der Waals surface area contributed by atoms with Gasteiger partial charge in [-0.1, -0.05) is 63.4 Å². The van der Waals surface area contributed by atoms with E-state index in [0.29, 0.717) is 17.9 Å². The lowest BCUT2D eigenvalue weighted by Gasteiger charge is -2.39. The minimum atomic E-state index is -0.0528. The van der Waals surface area contributed by atoms with Gasteiger partial charge >= 0.3 is 0 Å². The maximum absolute atomic E-state index is 11.7. The fraction of sp³-hybridized carbons (Fsp3) is 0.567. The molecular weight excluding hydrogens is 420 g/mol. The third kappa shape index (κ3) is 6.02. The van der Waals surface area contributed by atoms with Crippen LogP contribution in [0.15, 0.2) is 42.5 Å². The lowest BCUT2D eigenvalue weighted by atomic mass is 9.72. The predicted molar refractivity (Wildman–Crippen MR) is 140 cm³/mol. The Balaban J connectivity index is 1.68. The van der Waals surface area contributed by atoms with E-state index in [2.05, 4.69) is 54.8 Å². The van der Waals surface area contributed by atoms with E-state index in [1.165, 1.54) is 55.2 Å². The van der Waals surface area contributed by atoms with Crippen molar-refractivity contribution in [1.82, 2.24) is 5.32 Å². The van der Waals surface area contributed by atoms with Crippen LogP contribution in [0.4, 0.5) is 5.69 Å². The quantitative estimate of drug-likeness (QED) is 0.422. The van der Waals surface area contributed by atoms with Gasteiger partial charge in [-0.2, -0.15) is 0 Å². The van der Waals surface area contributed by atoms with Crippen LogP contribution in [0.5, 0.6) is 5.75 Å². The van der Waals surface area contributed by atoms with Gasteiger partial charge in [0.1, 0.15) is 11.9 Å². The Kier molecular flexibility index (Phi) is 8.66. The second-order valence-electron chi connectivity index (χ2n) is 10.2. The van der Waals surface area contributed by atoms with Gasteiger partial charge in [-0.05, 0) is 73.7 Å². The molecule has 2 aliphatic rings. The van der Waals surface area contributed by atoms with E-state index in [1.54, 1.807) is 6.92 Å². The second-order valence-corrected chi connectivity index (χ2v) is 10.2. The summed E-state index contributed by atoms with van der Waals surface area (Å²) in [5.74, 6) is 2.05. The van der Waals surface area contributed by atoms with Crippen molar-refractivity contribution in [3.05, 3.63) is 59.2 Å². The highest BCUT2D eigenvalue weighted by molar-refractivity contribution is 5.88. The van der Waals surface area contributed by atoms with Gasteiger partial charge in [0.05, 0.1) is 0 Å². The van der Waals surface area contributed by atoms with Gasteiger partial charge in [0.2, 0.25) is 5.91 Å². The van der Waals surface area contributed by atoms with Crippen molar-refractivity contribution in [3.8, 4) is 5.75 Å². The molecule has 0 radical (unpaired) electrons. The van der Waals surface area contributed by atoms with Crippen LogP contribution in [0, 0.1) is 11.8 Å². The van der Waals surface area contributed by atoms with E-state index >= 15 is 0 Å². The van der Waals surface area contributed by atoms with E-state index in [-0.39, 0.29) is 12.0 Å². The number of anilines is 1. The van der Waals surface area contributed by atoms with E-state index in [0.717, 1.165) is 37.2 Å². The number of benzene rings is 2. The fourth-order valence-electron chi connectivity index (χ4n) is 6.20. The lowest BCUT2D eigenvalue weighted by molar-refractivity contribution is -0.114. The number of ether oxygens (including phenoxy) is 1. The lowest BCUT2D eigenvalue weighted by Crippen LogP contribution is -2.35. The third-order valence-electron chi connectivity index (χ3n) is 7.72. The first-order chi connectivity index (χ1) is 16.6. The van der Waals surface area contributed by atoms with Crippen molar-refractivity contribution in [2.24, 2.45) is 11.8 Å². The number of carbonyl (C=O) groups is 1. The van der Waals surface area contributed by atoms with Gasteiger partial charge in [-0.15, -0.1) is 0 Å². The van der Waals surface area contributed by atoms with Crippen LogP contribution in [0.1, 0.15) is 88.5 Å². The summed E-state index contributed by atoms with van der Waals surface area (Å²) in [7, 11) is 0. The average Bonchev–Trinajstić information content (AvgIpc) is 3.06. The zero-order chi connectivity index (χ0) is 23.9. The highest BCUT2D eigenvalue weighted by atomic mass is 16.5. The van der Waals surface area contributed by atoms with Crippen LogP contribution in [0.2, 0.25) is 0 Å². The van der Waals surface area contributed by atoms with E-state index in [1.807, 2.05) is 12.1 Å². The first-order valence-electron chi connectivity index (χ1n) is 13.5. The summed E-state index contributed by atoms with van der Waals surface area (Å²) < 4.78 is 7.02. The molecule has 2 aliphatic carbocycles. The van der Waals surface area contributed by atoms with Crippen molar-refractivity contribution in [2.45, 2.75) is 90.7 Å². The minimum Gasteiger partial charge on any atom is -0.485 e. The normalized spacial score (nSPS) is 24.7. The molecule has 1 saturated carbocycles. The summed E-state index contributed by atoms with van der Waals surface area (Å²) in [4.78, 5) is 11.7. The molecule has 4 unspecified atom stereocenters. The Morgan fingerprint density at radius 2 is 1.88 bits per heavy atom. The number of aryl methyl sites for hydroxylation is 2. The van der Waals surface area contributed by atoms with Crippen molar-refractivity contribution < 1.29 is 9.53 Å². The first kappa shape index (κ1) is 24.8. The molecule has 0 aliphatic heterocycles. The van der Waals surface area contributed by atoms with Crippen LogP contribution in [-0.4, -0.2) is 18.5 Å². The van der Waals surface area contributed by atoms with Crippen LogP contribution in [-0.2, 0) is 17.6 Å². The molecule has 184 valence electrons. The standard InChI is InChI=1S/C30H42N2O2/c1-4-10-23-15-17-26(32-21(3)33)20-29(23)34-30-27-14-9-7-11-22(27)16-18-28(30)24-12-6-8-13-25(19-24)31-5-2/h7,9,11,14-15,17,20,24-25,28,30-31H,4-6,8,10,12-13,16,18-19H2,1-3H3,(H,32,33). The Bertz CT molecular complexity index is 957. The molecule has 0 heterocycles. The van der Waals surface area contributed by atoms with Gasteiger partial charge in [0.25, 0.3) is 0 Å². The number of amides is 1. The molecule has 1 amide bonds. The number of carbonyl (C=O) groups excluding carboxylic acids is 1.